The van der Waals surface area contributed by atoms with Crippen LogP contribution >= 0.6 is 0 Å². The summed E-state index contributed by atoms with van der Waals surface area (Å²) in [5.74, 6) is 0. The van der Waals surface area contributed by atoms with E-state index in [1.165, 1.54) is 24.1 Å². The predicted octanol–water partition coefficient (Wildman–Crippen LogP) is 3.73. The van der Waals surface area contributed by atoms with Crippen LogP contribution in [0.1, 0.15) is 40.0 Å². The van der Waals surface area contributed by atoms with Gasteiger partial charge < -0.3 is 10.2 Å². The van der Waals surface area contributed by atoms with Gasteiger partial charge in [0, 0.05) is 18.8 Å². The smallest absolute Gasteiger partial charge is 0.0395 e. The highest BCUT2D eigenvalue weighted by atomic mass is 15.1. The molecule has 0 rings (SSSR count). The zero-order valence-electron chi connectivity index (χ0n) is 12.6. The van der Waals surface area contributed by atoms with Crippen LogP contribution in [-0.4, -0.2) is 31.6 Å². The van der Waals surface area contributed by atoms with Gasteiger partial charge in [0.15, 0.2) is 0 Å². The monoisotopic (exact) mass is 250 g/mol. The number of rotatable bonds is 10. The lowest BCUT2D eigenvalue weighted by molar-refractivity contribution is 0.358. The summed E-state index contributed by atoms with van der Waals surface area (Å²) < 4.78 is 0. The molecule has 1 N–H and O–H groups in total. The van der Waals surface area contributed by atoms with Crippen LogP contribution in [0, 0.1) is 0 Å². The average molecular weight is 250 g/mol. The molecule has 0 radical (unpaired) electrons. The molecule has 0 aliphatic heterocycles. The van der Waals surface area contributed by atoms with E-state index in [-0.39, 0.29) is 0 Å². The average Bonchev–Trinajstić information content (AvgIpc) is 2.40. The Kier molecular flexibility index (Phi) is 10.5. The van der Waals surface area contributed by atoms with Gasteiger partial charge in [0.25, 0.3) is 0 Å². The fraction of sp³-hybridized carbons (Fsp3) is 0.625. The molecule has 2 nitrogen and oxygen atoms in total. The van der Waals surface area contributed by atoms with Gasteiger partial charge in [-0.2, -0.15) is 0 Å². The zero-order valence-corrected chi connectivity index (χ0v) is 12.6. The van der Waals surface area contributed by atoms with E-state index >= 15 is 0 Å². The van der Waals surface area contributed by atoms with Gasteiger partial charge in [0.1, 0.15) is 0 Å². The van der Waals surface area contributed by atoms with E-state index in [0.717, 1.165) is 26.1 Å². The first-order valence-corrected chi connectivity index (χ1v) is 7.12. The van der Waals surface area contributed by atoms with Crippen LogP contribution in [0.4, 0.5) is 0 Å². The summed E-state index contributed by atoms with van der Waals surface area (Å²) in [7, 11) is 2.01. The molecule has 0 aromatic rings. The van der Waals surface area contributed by atoms with Crippen molar-refractivity contribution in [2.75, 3.05) is 26.7 Å². The Bertz CT molecular complexity index is 277. The molecule has 0 atom stereocenters. The minimum Gasteiger partial charge on any atom is -0.372 e. The lowest BCUT2D eigenvalue weighted by Crippen LogP contribution is -2.25. The maximum atomic E-state index is 3.93. The summed E-state index contributed by atoms with van der Waals surface area (Å²) in [6, 6.07) is 0. The number of nitrogens with zero attached hydrogens (tertiary/aromatic N) is 1. The van der Waals surface area contributed by atoms with Crippen LogP contribution in [0.5, 0.6) is 0 Å². The van der Waals surface area contributed by atoms with E-state index in [2.05, 4.69) is 49.7 Å². The second-order valence-corrected chi connectivity index (χ2v) is 4.36. The van der Waals surface area contributed by atoms with E-state index in [1.807, 2.05) is 13.1 Å². The van der Waals surface area contributed by atoms with Gasteiger partial charge in [0.2, 0.25) is 0 Å². The molecule has 0 saturated heterocycles. The van der Waals surface area contributed by atoms with Crippen molar-refractivity contribution in [1.82, 2.24) is 10.2 Å². The molecule has 0 saturated carbocycles. The summed E-state index contributed by atoms with van der Waals surface area (Å²) in [6.07, 6.45) is 9.81. The quantitative estimate of drug-likeness (QED) is 0.469. The molecule has 0 spiro atoms. The van der Waals surface area contributed by atoms with Crippen LogP contribution in [0.15, 0.2) is 36.1 Å². The molecule has 0 amide bonds. The molecule has 0 bridgehead atoms. The Morgan fingerprint density at radius 1 is 1.28 bits per heavy atom. The summed E-state index contributed by atoms with van der Waals surface area (Å²) in [6.45, 7) is 13.7. The summed E-state index contributed by atoms with van der Waals surface area (Å²) in [5, 5.41) is 3.20. The Hall–Kier alpha value is -1.02. The Morgan fingerprint density at radius 2 is 2.00 bits per heavy atom. The van der Waals surface area contributed by atoms with Crippen molar-refractivity contribution in [3.05, 3.63) is 36.1 Å². The summed E-state index contributed by atoms with van der Waals surface area (Å²) in [4.78, 5) is 2.45. The first kappa shape index (κ1) is 17.0. The van der Waals surface area contributed by atoms with Crippen LogP contribution in [0.25, 0.3) is 0 Å². The van der Waals surface area contributed by atoms with Gasteiger partial charge in [-0.05, 0) is 58.4 Å². The number of nitrogens with one attached hydrogen (secondary N) is 1. The highest BCUT2D eigenvalue weighted by Gasteiger charge is 2.07. The summed E-state index contributed by atoms with van der Waals surface area (Å²) >= 11 is 0. The minimum atomic E-state index is 1.04. The third-order valence-electron chi connectivity index (χ3n) is 3.11. The highest BCUT2D eigenvalue weighted by Crippen LogP contribution is 2.17. The largest absolute Gasteiger partial charge is 0.372 e. The normalized spacial score (nSPS) is 12.7. The van der Waals surface area contributed by atoms with Crippen LogP contribution in [0.2, 0.25) is 0 Å². The Balaban J connectivity index is 4.72. The van der Waals surface area contributed by atoms with Crippen molar-refractivity contribution in [1.29, 1.82) is 0 Å². The number of allylic oxidation sites excluding steroid dienone is 4. The number of likely N-dealkylation sites (N-methyl/N-ethyl adjacent to an activating group) is 1. The second-order valence-electron chi connectivity index (χ2n) is 4.36. The number of hydrogen-bond donors (Lipinski definition) is 1. The van der Waals surface area contributed by atoms with Crippen LogP contribution < -0.4 is 5.32 Å². The summed E-state index contributed by atoms with van der Waals surface area (Å²) in [5.41, 5.74) is 2.67. The minimum absolute atomic E-state index is 1.04. The first-order chi connectivity index (χ1) is 8.74. The maximum absolute atomic E-state index is 3.93. The van der Waals surface area contributed by atoms with Crippen LogP contribution in [0.3, 0.4) is 0 Å². The van der Waals surface area contributed by atoms with Crippen LogP contribution in [-0.2, 0) is 0 Å². The van der Waals surface area contributed by atoms with Gasteiger partial charge in [-0.3, -0.25) is 0 Å². The van der Waals surface area contributed by atoms with Crippen molar-refractivity contribution in [3.8, 4) is 0 Å². The van der Waals surface area contributed by atoms with E-state index in [1.54, 1.807) is 0 Å². The lowest BCUT2D eigenvalue weighted by atomic mass is 10.1. The van der Waals surface area contributed by atoms with Crippen molar-refractivity contribution in [3.63, 3.8) is 0 Å². The Labute approximate surface area is 113 Å². The van der Waals surface area contributed by atoms with Gasteiger partial charge in [-0.15, -0.1) is 0 Å². The van der Waals surface area contributed by atoms with Gasteiger partial charge in [-0.25, -0.2) is 0 Å². The molecule has 0 aromatic heterocycles. The third kappa shape index (κ3) is 6.06. The van der Waals surface area contributed by atoms with Gasteiger partial charge >= 0.3 is 0 Å². The topological polar surface area (TPSA) is 15.3 Å². The molecular weight excluding hydrogens is 220 g/mol. The van der Waals surface area contributed by atoms with Crippen molar-refractivity contribution >= 4 is 0 Å². The van der Waals surface area contributed by atoms with E-state index < -0.39 is 0 Å². The van der Waals surface area contributed by atoms with E-state index in [0.29, 0.717) is 0 Å². The Morgan fingerprint density at radius 3 is 2.44 bits per heavy atom. The molecule has 0 aliphatic carbocycles. The molecule has 0 aliphatic rings. The molecule has 2 heteroatoms. The SMILES string of the molecule is C=C/C(CC)=C(\C=C/C)N(CC)CCCCNC. The van der Waals surface area contributed by atoms with Crippen molar-refractivity contribution < 1.29 is 0 Å². The molecule has 104 valence electrons. The number of hydrogen-bond acceptors (Lipinski definition) is 2. The standard InChI is InChI=1S/C16H30N2/c1-6-12-16(15(7-2)8-3)18(9-4)14-11-10-13-17-5/h6-7,12,17H,2,8-11,13-14H2,1,3-5H3/b12-6-,16-15-. The lowest BCUT2D eigenvalue weighted by Gasteiger charge is -2.26. The van der Waals surface area contributed by atoms with E-state index in [4.69, 9.17) is 0 Å². The zero-order chi connectivity index (χ0) is 13.8. The molecule has 0 unspecified atom stereocenters. The predicted molar refractivity (Wildman–Crippen MR) is 82.7 cm³/mol. The maximum Gasteiger partial charge on any atom is 0.0395 e. The fourth-order valence-electron chi connectivity index (χ4n) is 2.06. The van der Waals surface area contributed by atoms with E-state index in [9.17, 15) is 0 Å². The molecule has 0 aromatic carbocycles. The van der Waals surface area contributed by atoms with Gasteiger partial charge in [0.05, 0.1) is 0 Å². The fourth-order valence-corrected chi connectivity index (χ4v) is 2.06. The highest BCUT2D eigenvalue weighted by molar-refractivity contribution is 5.31. The molecular formula is C16H30N2. The molecule has 0 fully saturated rings. The van der Waals surface area contributed by atoms with Gasteiger partial charge in [-0.1, -0.05) is 25.7 Å². The molecule has 18 heavy (non-hydrogen) atoms. The van der Waals surface area contributed by atoms with Crippen molar-refractivity contribution in [2.24, 2.45) is 0 Å². The molecule has 0 heterocycles. The first-order valence-electron chi connectivity index (χ1n) is 7.12. The third-order valence-corrected chi connectivity index (χ3v) is 3.11. The van der Waals surface area contributed by atoms with Crippen molar-refractivity contribution in [2.45, 2.75) is 40.0 Å². The second kappa shape index (κ2) is 11.1. The number of unbranched alkanes of at least 4 members (excludes halogenated alkanes) is 1.